The van der Waals surface area contributed by atoms with Crippen molar-refractivity contribution >= 4 is 11.8 Å². The number of rotatable bonds is 5. The van der Waals surface area contributed by atoms with Gasteiger partial charge in [0, 0.05) is 13.2 Å². The highest BCUT2D eigenvalue weighted by Gasteiger charge is 2.41. The van der Waals surface area contributed by atoms with Gasteiger partial charge in [-0.3, -0.25) is 14.3 Å². The van der Waals surface area contributed by atoms with E-state index in [2.05, 4.69) is 10.4 Å². The normalized spacial score (nSPS) is 22.8. The second-order valence-corrected chi connectivity index (χ2v) is 5.98. The lowest BCUT2D eigenvalue weighted by Crippen LogP contribution is -2.64. The molecule has 1 aliphatic heterocycles. The van der Waals surface area contributed by atoms with E-state index in [9.17, 15) is 9.59 Å². The van der Waals surface area contributed by atoms with Crippen LogP contribution in [0.2, 0.25) is 0 Å². The molecule has 6 heteroatoms. The van der Waals surface area contributed by atoms with Crippen molar-refractivity contribution in [3.8, 4) is 0 Å². The molecule has 0 radical (unpaired) electrons. The molecule has 2 amide bonds. The highest BCUT2D eigenvalue weighted by molar-refractivity contribution is 5.97. The van der Waals surface area contributed by atoms with Gasteiger partial charge in [0.15, 0.2) is 0 Å². The van der Waals surface area contributed by atoms with Crippen LogP contribution in [0.4, 0.5) is 0 Å². The van der Waals surface area contributed by atoms with E-state index in [4.69, 9.17) is 0 Å². The molecule has 0 aliphatic carbocycles. The standard InChI is InChI=1S/C15H24N4O2/c1-5-6-12-14(20)16-13(10(2)3)15(21)19(12)9-11-7-8-18(4)17-11/h7-8,10,12-13H,5-6,9H2,1-4H3,(H,16,20). The number of hydrogen-bond donors (Lipinski definition) is 1. The summed E-state index contributed by atoms with van der Waals surface area (Å²) in [7, 11) is 1.84. The summed E-state index contributed by atoms with van der Waals surface area (Å²) in [6.07, 6.45) is 3.38. The van der Waals surface area contributed by atoms with Crippen LogP contribution in [0.3, 0.4) is 0 Å². The smallest absolute Gasteiger partial charge is 0.246 e. The number of nitrogens with zero attached hydrogens (tertiary/aromatic N) is 3. The van der Waals surface area contributed by atoms with Crippen molar-refractivity contribution < 1.29 is 9.59 Å². The van der Waals surface area contributed by atoms with Crippen LogP contribution in [0.5, 0.6) is 0 Å². The topological polar surface area (TPSA) is 67.2 Å². The van der Waals surface area contributed by atoms with Crippen molar-refractivity contribution in [2.75, 3.05) is 0 Å². The van der Waals surface area contributed by atoms with E-state index in [0.717, 1.165) is 12.1 Å². The third-order valence-electron chi connectivity index (χ3n) is 3.86. The van der Waals surface area contributed by atoms with Gasteiger partial charge in [0.1, 0.15) is 12.1 Å². The summed E-state index contributed by atoms with van der Waals surface area (Å²) in [6, 6.07) is 1.06. The van der Waals surface area contributed by atoms with Gasteiger partial charge in [0.05, 0.1) is 12.2 Å². The van der Waals surface area contributed by atoms with E-state index in [1.807, 2.05) is 40.1 Å². The number of amides is 2. The van der Waals surface area contributed by atoms with E-state index in [-0.39, 0.29) is 23.8 Å². The number of hydrogen-bond acceptors (Lipinski definition) is 3. The largest absolute Gasteiger partial charge is 0.342 e. The Labute approximate surface area is 125 Å². The Hall–Kier alpha value is -1.85. The molecule has 0 spiro atoms. The Balaban J connectivity index is 2.25. The van der Waals surface area contributed by atoms with Crippen molar-refractivity contribution in [1.29, 1.82) is 0 Å². The Morgan fingerprint density at radius 2 is 2.10 bits per heavy atom. The lowest BCUT2D eigenvalue weighted by molar-refractivity contribution is -0.151. The second kappa shape index (κ2) is 6.28. The molecule has 0 saturated carbocycles. The fourth-order valence-electron chi connectivity index (χ4n) is 2.71. The first-order valence-corrected chi connectivity index (χ1v) is 7.53. The van der Waals surface area contributed by atoms with E-state index >= 15 is 0 Å². The number of piperazine rings is 1. The molecule has 2 unspecified atom stereocenters. The third-order valence-corrected chi connectivity index (χ3v) is 3.86. The van der Waals surface area contributed by atoms with Gasteiger partial charge in [-0.15, -0.1) is 0 Å². The molecule has 21 heavy (non-hydrogen) atoms. The van der Waals surface area contributed by atoms with Gasteiger partial charge in [-0.1, -0.05) is 27.2 Å². The van der Waals surface area contributed by atoms with Crippen molar-refractivity contribution in [2.24, 2.45) is 13.0 Å². The van der Waals surface area contributed by atoms with Gasteiger partial charge in [0.25, 0.3) is 0 Å². The monoisotopic (exact) mass is 292 g/mol. The summed E-state index contributed by atoms with van der Waals surface area (Å²) >= 11 is 0. The van der Waals surface area contributed by atoms with Crippen LogP contribution in [-0.4, -0.2) is 38.6 Å². The summed E-state index contributed by atoms with van der Waals surface area (Å²) in [4.78, 5) is 26.7. The maximum absolute atomic E-state index is 12.7. The zero-order chi connectivity index (χ0) is 15.6. The van der Waals surface area contributed by atoms with Crippen molar-refractivity contribution in [3.63, 3.8) is 0 Å². The molecule has 6 nitrogen and oxygen atoms in total. The van der Waals surface area contributed by atoms with Crippen LogP contribution in [-0.2, 0) is 23.2 Å². The zero-order valence-corrected chi connectivity index (χ0v) is 13.2. The molecule has 1 fully saturated rings. The zero-order valence-electron chi connectivity index (χ0n) is 13.2. The fourth-order valence-corrected chi connectivity index (χ4v) is 2.71. The lowest BCUT2D eigenvalue weighted by atomic mass is 9.96. The van der Waals surface area contributed by atoms with Gasteiger partial charge >= 0.3 is 0 Å². The average Bonchev–Trinajstić information content (AvgIpc) is 2.83. The van der Waals surface area contributed by atoms with Gasteiger partial charge in [-0.25, -0.2) is 0 Å². The Morgan fingerprint density at radius 3 is 2.62 bits per heavy atom. The molecule has 1 aliphatic rings. The van der Waals surface area contributed by atoms with E-state index in [1.165, 1.54) is 0 Å². The summed E-state index contributed by atoms with van der Waals surface area (Å²) in [5.41, 5.74) is 0.809. The summed E-state index contributed by atoms with van der Waals surface area (Å²) in [6.45, 7) is 6.30. The molecule has 1 saturated heterocycles. The molecule has 1 aromatic heterocycles. The van der Waals surface area contributed by atoms with E-state index < -0.39 is 6.04 Å². The minimum Gasteiger partial charge on any atom is -0.342 e. The Morgan fingerprint density at radius 1 is 1.38 bits per heavy atom. The quantitative estimate of drug-likeness (QED) is 0.883. The molecule has 2 atom stereocenters. The predicted molar refractivity (Wildman–Crippen MR) is 79.2 cm³/mol. The SMILES string of the molecule is CCCC1C(=O)NC(C(C)C)C(=O)N1Cc1ccn(C)n1. The number of aromatic nitrogens is 2. The molecule has 2 rings (SSSR count). The van der Waals surface area contributed by atoms with Crippen LogP contribution < -0.4 is 5.32 Å². The van der Waals surface area contributed by atoms with Crippen LogP contribution in [0.1, 0.15) is 39.3 Å². The minimum absolute atomic E-state index is 0.00583. The van der Waals surface area contributed by atoms with E-state index in [0.29, 0.717) is 13.0 Å². The van der Waals surface area contributed by atoms with Crippen LogP contribution in [0.15, 0.2) is 12.3 Å². The molecule has 0 aromatic carbocycles. The molecular formula is C15H24N4O2. The van der Waals surface area contributed by atoms with Crippen LogP contribution >= 0.6 is 0 Å². The van der Waals surface area contributed by atoms with Gasteiger partial charge in [0.2, 0.25) is 11.8 Å². The molecule has 0 bridgehead atoms. The van der Waals surface area contributed by atoms with Crippen LogP contribution in [0.25, 0.3) is 0 Å². The molecule has 1 N–H and O–H groups in total. The molecule has 1 aromatic rings. The third kappa shape index (κ3) is 3.25. The first-order chi connectivity index (χ1) is 9.93. The number of nitrogens with one attached hydrogen (secondary N) is 1. The van der Waals surface area contributed by atoms with Crippen molar-refractivity contribution in [3.05, 3.63) is 18.0 Å². The van der Waals surface area contributed by atoms with Gasteiger partial charge in [-0.05, 0) is 18.4 Å². The Bertz CT molecular complexity index is 523. The Kier molecular flexibility index (Phi) is 4.65. The summed E-state index contributed by atoms with van der Waals surface area (Å²) < 4.78 is 1.71. The lowest BCUT2D eigenvalue weighted by Gasteiger charge is -2.40. The first-order valence-electron chi connectivity index (χ1n) is 7.53. The number of aryl methyl sites for hydroxylation is 1. The van der Waals surface area contributed by atoms with Gasteiger partial charge < -0.3 is 10.2 Å². The highest BCUT2D eigenvalue weighted by Crippen LogP contribution is 2.20. The highest BCUT2D eigenvalue weighted by atomic mass is 16.2. The second-order valence-electron chi connectivity index (χ2n) is 5.98. The average molecular weight is 292 g/mol. The molecular weight excluding hydrogens is 268 g/mol. The first kappa shape index (κ1) is 15.5. The van der Waals surface area contributed by atoms with Gasteiger partial charge in [-0.2, -0.15) is 5.10 Å². The maximum Gasteiger partial charge on any atom is 0.246 e. The van der Waals surface area contributed by atoms with Crippen LogP contribution in [0, 0.1) is 5.92 Å². The predicted octanol–water partition coefficient (Wildman–Crippen LogP) is 1.07. The number of carbonyl (C=O) groups is 2. The summed E-state index contributed by atoms with van der Waals surface area (Å²) in [5, 5.41) is 7.19. The number of carbonyl (C=O) groups excluding carboxylic acids is 2. The van der Waals surface area contributed by atoms with Crippen molar-refractivity contribution in [2.45, 2.75) is 52.2 Å². The fraction of sp³-hybridized carbons (Fsp3) is 0.667. The van der Waals surface area contributed by atoms with E-state index in [1.54, 1.807) is 9.58 Å². The molecule has 116 valence electrons. The summed E-state index contributed by atoms with van der Waals surface area (Å²) in [5.74, 6) is 0.0232. The minimum atomic E-state index is -0.436. The molecule has 2 heterocycles. The van der Waals surface area contributed by atoms with Crippen molar-refractivity contribution in [1.82, 2.24) is 20.0 Å². The maximum atomic E-state index is 12.7.